The SMILES string of the molecule is OC1=C[N+](O)(Cc2ccccc2)[CH-]C=C1. The van der Waals surface area contributed by atoms with Gasteiger partial charge in [0.1, 0.15) is 12.7 Å². The highest BCUT2D eigenvalue weighted by Gasteiger charge is 2.20. The Kier molecular flexibility index (Phi) is 2.49. The summed E-state index contributed by atoms with van der Waals surface area (Å²) < 4.78 is -0.396. The van der Waals surface area contributed by atoms with Crippen LogP contribution in [0.15, 0.2) is 54.4 Å². The summed E-state index contributed by atoms with van der Waals surface area (Å²) in [6.07, 6.45) is 4.57. The van der Waals surface area contributed by atoms with Crippen molar-refractivity contribution in [3.05, 3.63) is 66.6 Å². The zero-order valence-corrected chi connectivity index (χ0v) is 8.24. The highest BCUT2D eigenvalue weighted by atomic mass is 16.5. The van der Waals surface area contributed by atoms with E-state index in [0.717, 1.165) is 5.56 Å². The average molecular weight is 203 g/mol. The maximum Gasteiger partial charge on any atom is 0.142 e. The van der Waals surface area contributed by atoms with E-state index in [9.17, 15) is 10.3 Å². The van der Waals surface area contributed by atoms with Crippen LogP contribution in [0, 0.1) is 6.54 Å². The van der Waals surface area contributed by atoms with Gasteiger partial charge in [0.25, 0.3) is 0 Å². The fourth-order valence-electron chi connectivity index (χ4n) is 1.58. The van der Waals surface area contributed by atoms with E-state index in [2.05, 4.69) is 0 Å². The number of hydrogen-bond donors (Lipinski definition) is 2. The van der Waals surface area contributed by atoms with Crippen LogP contribution >= 0.6 is 0 Å². The number of quaternary nitrogens is 1. The molecule has 1 unspecified atom stereocenters. The Hall–Kier alpha value is -1.71. The largest absolute Gasteiger partial charge is 0.521 e. The molecule has 3 nitrogen and oxygen atoms in total. The Morgan fingerprint density at radius 2 is 1.93 bits per heavy atom. The third-order valence-electron chi connectivity index (χ3n) is 2.25. The van der Waals surface area contributed by atoms with Crippen molar-refractivity contribution < 1.29 is 15.0 Å². The van der Waals surface area contributed by atoms with Gasteiger partial charge in [-0.05, 0) is 6.54 Å². The minimum absolute atomic E-state index is 0.0796. The van der Waals surface area contributed by atoms with Crippen LogP contribution in [0.5, 0.6) is 0 Å². The van der Waals surface area contributed by atoms with Crippen molar-refractivity contribution in [2.24, 2.45) is 0 Å². The van der Waals surface area contributed by atoms with Gasteiger partial charge in [-0.15, -0.1) is 0 Å². The summed E-state index contributed by atoms with van der Waals surface area (Å²) in [7, 11) is 0. The summed E-state index contributed by atoms with van der Waals surface area (Å²) in [5.74, 6) is 0.0796. The number of aliphatic hydroxyl groups is 1. The number of allylic oxidation sites excluding steroid dienone is 1. The van der Waals surface area contributed by atoms with E-state index in [1.54, 1.807) is 12.6 Å². The predicted octanol–water partition coefficient (Wildman–Crippen LogP) is 2.52. The second-order valence-corrected chi connectivity index (χ2v) is 3.59. The molecule has 0 aliphatic carbocycles. The number of hydrogen-bond acceptors (Lipinski definition) is 2. The van der Waals surface area contributed by atoms with Crippen LogP contribution in [0.4, 0.5) is 0 Å². The summed E-state index contributed by atoms with van der Waals surface area (Å²) in [6, 6.07) is 9.65. The van der Waals surface area contributed by atoms with Crippen molar-refractivity contribution >= 4 is 0 Å². The van der Waals surface area contributed by atoms with Gasteiger partial charge in [0.05, 0.1) is 5.76 Å². The van der Waals surface area contributed by atoms with Crippen molar-refractivity contribution in [2.45, 2.75) is 6.54 Å². The number of benzene rings is 1. The Balaban J connectivity index is 2.16. The molecular formula is C12H13NO2. The zero-order valence-electron chi connectivity index (χ0n) is 8.24. The molecule has 0 saturated heterocycles. The number of rotatable bonds is 2. The first kappa shape index (κ1) is 9.83. The van der Waals surface area contributed by atoms with Crippen LogP contribution in [-0.2, 0) is 6.54 Å². The quantitative estimate of drug-likeness (QED) is 0.572. The van der Waals surface area contributed by atoms with Gasteiger partial charge in [-0.2, -0.15) is 16.8 Å². The summed E-state index contributed by atoms with van der Waals surface area (Å²) >= 11 is 0. The van der Waals surface area contributed by atoms with E-state index in [4.69, 9.17) is 0 Å². The molecule has 0 saturated carbocycles. The molecule has 0 amide bonds. The topological polar surface area (TPSA) is 40.5 Å². The second-order valence-electron chi connectivity index (χ2n) is 3.59. The van der Waals surface area contributed by atoms with Crippen molar-refractivity contribution in [1.29, 1.82) is 0 Å². The Bertz CT molecular complexity index is 397. The molecule has 1 aromatic rings. The maximum absolute atomic E-state index is 10.1. The van der Waals surface area contributed by atoms with Crippen LogP contribution in [0.3, 0.4) is 0 Å². The normalized spacial score (nSPS) is 24.5. The molecule has 1 heterocycles. The van der Waals surface area contributed by atoms with E-state index < -0.39 is 4.65 Å². The summed E-state index contributed by atoms with van der Waals surface area (Å²) in [5, 5.41) is 19.4. The van der Waals surface area contributed by atoms with Crippen LogP contribution in [-0.4, -0.2) is 15.0 Å². The molecule has 2 rings (SSSR count). The van der Waals surface area contributed by atoms with Crippen LogP contribution in [0.2, 0.25) is 0 Å². The van der Waals surface area contributed by atoms with E-state index in [1.807, 2.05) is 30.3 Å². The monoisotopic (exact) mass is 203 g/mol. The van der Waals surface area contributed by atoms with Gasteiger partial charge in [0.2, 0.25) is 0 Å². The van der Waals surface area contributed by atoms with Crippen molar-refractivity contribution in [3.8, 4) is 0 Å². The molecule has 1 aliphatic heterocycles. The third kappa shape index (κ3) is 2.40. The highest BCUT2D eigenvalue weighted by molar-refractivity contribution is 5.17. The van der Waals surface area contributed by atoms with E-state index in [1.165, 1.54) is 12.3 Å². The first-order valence-electron chi connectivity index (χ1n) is 4.76. The lowest BCUT2D eigenvalue weighted by Crippen LogP contribution is -2.36. The van der Waals surface area contributed by atoms with Crippen molar-refractivity contribution in [3.63, 3.8) is 0 Å². The summed E-state index contributed by atoms with van der Waals surface area (Å²) in [5.41, 5.74) is 1.01. The predicted molar refractivity (Wildman–Crippen MR) is 56.3 cm³/mol. The van der Waals surface area contributed by atoms with Gasteiger partial charge in [-0.3, -0.25) is 0 Å². The third-order valence-corrected chi connectivity index (χ3v) is 2.25. The Morgan fingerprint density at radius 3 is 2.60 bits per heavy atom. The molecule has 78 valence electrons. The van der Waals surface area contributed by atoms with Crippen LogP contribution < -0.4 is 0 Å². The molecule has 1 atom stereocenters. The smallest absolute Gasteiger partial charge is 0.142 e. The lowest BCUT2D eigenvalue weighted by molar-refractivity contribution is -1.05. The molecular weight excluding hydrogens is 190 g/mol. The first-order chi connectivity index (χ1) is 7.18. The van der Waals surface area contributed by atoms with Gasteiger partial charge < -0.3 is 5.11 Å². The standard InChI is InChI=1S/C12H13NO2/c14-12-7-4-8-13(15,10-12)9-11-5-2-1-3-6-11/h1-8,10,14-15H,9H2. The molecule has 1 aliphatic rings. The second kappa shape index (κ2) is 3.81. The first-order valence-corrected chi connectivity index (χ1v) is 4.76. The molecule has 3 heteroatoms. The minimum Gasteiger partial charge on any atom is -0.521 e. The van der Waals surface area contributed by atoms with Gasteiger partial charge in [0.15, 0.2) is 0 Å². The minimum atomic E-state index is -0.396. The molecule has 0 aromatic heterocycles. The fourth-order valence-corrected chi connectivity index (χ4v) is 1.58. The maximum atomic E-state index is 10.1. The number of hydroxylamine groups is 3. The average Bonchev–Trinajstić information content (AvgIpc) is 2.18. The highest BCUT2D eigenvalue weighted by Crippen LogP contribution is 2.20. The molecule has 0 bridgehead atoms. The van der Waals surface area contributed by atoms with E-state index in [-0.39, 0.29) is 5.76 Å². The summed E-state index contributed by atoms with van der Waals surface area (Å²) in [4.78, 5) is 0. The molecule has 0 spiro atoms. The lowest BCUT2D eigenvalue weighted by atomic mass is 10.2. The zero-order chi connectivity index (χ0) is 10.7. The van der Waals surface area contributed by atoms with Crippen LogP contribution in [0.1, 0.15) is 5.56 Å². The van der Waals surface area contributed by atoms with Gasteiger partial charge in [-0.25, -0.2) is 5.21 Å². The van der Waals surface area contributed by atoms with Gasteiger partial charge in [0, 0.05) is 5.56 Å². The Morgan fingerprint density at radius 1 is 1.20 bits per heavy atom. The van der Waals surface area contributed by atoms with Gasteiger partial charge >= 0.3 is 0 Å². The molecule has 1 aromatic carbocycles. The lowest BCUT2D eigenvalue weighted by Gasteiger charge is -2.32. The van der Waals surface area contributed by atoms with E-state index in [0.29, 0.717) is 6.54 Å². The van der Waals surface area contributed by atoms with Crippen molar-refractivity contribution in [1.82, 2.24) is 0 Å². The molecule has 0 fully saturated rings. The molecule has 0 radical (unpaired) electrons. The fraction of sp³-hybridized carbons (Fsp3) is 0.0833. The number of nitrogens with zero attached hydrogens (tertiary/aromatic N) is 1. The number of aliphatic hydroxyl groups excluding tert-OH is 1. The van der Waals surface area contributed by atoms with Crippen LogP contribution in [0.25, 0.3) is 0 Å². The Labute approximate surface area is 88.7 Å². The van der Waals surface area contributed by atoms with E-state index >= 15 is 0 Å². The van der Waals surface area contributed by atoms with Gasteiger partial charge in [-0.1, -0.05) is 30.3 Å². The molecule has 15 heavy (non-hydrogen) atoms. The summed E-state index contributed by atoms with van der Waals surface area (Å²) in [6.45, 7) is 2.03. The molecule has 2 N–H and O–H groups in total. The van der Waals surface area contributed by atoms with Crippen molar-refractivity contribution in [2.75, 3.05) is 0 Å².